The van der Waals surface area contributed by atoms with Crippen LogP contribution >= 0.6 is 0 Å². The van der Waals surface area contributed by atoms with Crippen LogP contribution in [0.1, 0.15) is 16.7 Å². The number of halogens is 1. The van der Waals surface area contributed by atoms with Crippen LogP contribution in [0.4, 0.5) is 4.39 Å². The normalized spacial score (nSPS) is 9.78. The highest BCUT2D eigenvalue weighted by Gasteiger charge is 1.97. The summed E-state index contributed by atoms with van der Waals surface area (Å²) in [5, 5.41) is 0. The molecular weight excluding hydrogens is 289 g/mol. The van der Waals surface area contributed by atoms with Crippen molar-refractivity contribution >= 4 is 0 Å². The quantitative estimate of drug-likeness (QED) is 0.677. The highest BCUT2D eigenvalue weighted by molar-refractivity contribution is 5.43. The molecule has 23 heavy (non-hydrogen) atoms. The van der Waals surface area contributed by atoms with Gasteiger partial charge in [-0.3, -0.25) is 4.98 Å². The number of rotatable bonds is 3. The number of hydrogen-bond acceptors (Lipinski definition) is 2. The van der Waals surface area contributed by atoms with Crippen molar-refractivity contribution < 1.29 is 9.13 Å². The van der Waals surface area contributed by atoms with Crippen LogP contribution in [-0.4, -0.2) is 4.98 Å². The van der Waals surface area contributed by atoms with Crippen molar-refractivity contribution in [1.82, 2.24) is 4.98 Å². The summed E-state index contributed by atoms with van der Waals surface area (Å²) in [6.07, 6.45) is 3.45. The summed E-state index contributed by atoms with van der Waals surface area (Å²) in [5.41, 5.74) is 2.71. The highest BCUT2D eigenvalue weighted by Crippen LogP contribution is 2.14. The van der Waals surface area contributed by atoms with Gasteiger partial charge in [-0.1, -0.05) is 24.0 Å². The molecule has 3 rings (SSSR count). The summed E-state index contributed by atoms with van der Waals surface area (Å²) >= 11 is 0. The SMILES string of the molecule is Fc1ccc(COc2ccc(C#Cc3cccnc3)cc2)cc1. The fraction of sp³-hybridized carbons (Fsp3) is 0.0500. The number of aromatic nitrogens is 1. The summed E-state index contributed by atoms with van der Waals surface area (Å²) in [5.74, 6) is 6.64. The topological polar surface area (TPSA) is 22.1 Å². The molecule has 0 fully saturated rings. The van der Waals surface area contributed by atoms with Crippen LogP contribution in [0, 0.1) is 17.7 Å². The molecule has 0 saturated heterocycles. The van der Waals surface area contributed by atoms with Crippen molar-refractivity contribution in [3.8, 4) is 17.6 Å². The Labute approximate surface area is 134 Å². The van der Waals surface area contributed by atoms with E-state index in [9.17, 15) is 4.39 Å². The maximum absolute atomic E-state index is 12.8. The molecule has 0 amide bonds. The molecule has 0 spiro atoms. The van der Waals surface area contributed by atoms with E-state index in [-0.39, 0.29) is 5.82 Å². The molecule has 3 heteroatoms. The molecule has 2 nitrogen and oxygen atoms in total. The average Bonchev–Trinajstić information content (AvgIpc) is 2.61. The molecule has 0 radical (unpaired) electrons. The predicted octanol–water partition coefficient (Wildman–Crippen LogP) is 4.20. The minimum absolute atomic E-state index is 0.245. The number of pyridine rings is 1. The monoisotopic (exact) mass is 303 g/mol. The molecule has 0 N–H and O–H groups in total. The van der Waals surface area contributed by atoms with Gasteiger partial charge in [-0.25, -0.2) is 4.39 Å². The van der Waals surface area contributed by atoms with Crippen LogP contribution in [-0.2, 0) is 6.61 Å². The fourth-order valence-corrected chi connectivity index (χ4v) is 1.96. The Bertz CT molecular complexity index is 816. The Morgan fingerprint density at radius 2 is 1.61 bits per heavy atom. The van der Waals surface area contributed by atoms with Crippen molar-refractivity contribution in [2.45, 2.75) is 6.61 Å². The lowest BCUT2D eigenvalue weighted by Crippen LogP contribution is -1.95. The van der Waals surface area contributed by atoms with Gasteiger partial charge in [-0.2, -0.15) is 0 Å². The second kappa shape index (κ2) is 7.24. The third-order valence-corrected chi connectivity index (χ3v) is 3.19. The van der Waals surface area contributed by atoms with Gasteiger partial charge in [0, 0.05) is 23.5 Å². The van der Waals surface area contributed by atoms with Gasteiger partial charge < -0.3 is 4.74 Å². The largest absolute Gasteiger partial charge is 0.489 e. The first-order chi connectivity index (χ1) is 11.3. The zero-order chi connectivity index (χ0) is 15.9. The maximum Gasteiger partial charge on any atom is 0.123 e. The Kier molecular flexibility index (Phi) is 4.66. The lowest BCUT2D eigenvalue weighted by Gasteiger charge is -2.06. The lowest BCUT2D eigenvalue weighted by atomic mass is 10.2. The minimum atomic E-state index is -0.245. The van der Waals surface area contributed by atoms with E-state index in [1.165, 1.54) is 12.1 Å². The first-order valence-corrected chi connectivity index (χ1v) is 7.19. The van der Waals surface area contributed by atoms with E-state index in [0.717, 1.165) is 22.4 Å². The summed E-state index contributed by atoms with van der Waals surface area (Å²) in [7, 11) is 0. The Morgan fingerprint density at radius 3 is 2.30 bits per heavy atom. The van der Waals surface area contributed by atoms with Crippen LogP contribution < -0.4 is 4.74 Å². The Morgan fingerprint density at radius 1 is 0.870 bits per heavy atom. The summed E-state index contributed by atoms with van der Waals surface area (Å²) in [6, 6.07) is 17.6. The summed E-state index contributed by atoms with van der Waals surface area (Å²) < 4.78 is 18.5. The molecule has 0 unspecified atom stereocenters. The zero-order valence-corrected chi connectivity index (χ0v) is 12.4. The van der Waals surface area contributed by atoms with Crippen LogP contribution in [0.15, 0.2) is 73.1 Å². The Balaban J connectivity index is 1.61. The van der Waals surface area contributed by atoms with Crippen LogP contribution in [0.2, 0.25) is 0 Å². The molecule has 0 saturated carbocycles. The average molecular weight is 303 g/mol. The molecule has 1 aromatic heterocycles. The molecule has 0 aliphatic carbocycles. The highest BCUT2D eigenvalue weighted by atomic mass is 19.1. The first kappa shape index (κ1) is 14.8. The molecule has 3 aromatic rings. The van der Waals surface area contributed by atoms with E-state index >= 15 is 0 Å². The number of benzene rings is 2. The van der Waals surface area contributed by atoms with Gasteiger partial charge in [0.2, 0.25) is 0 Å². The van der Waals surface area contributed by atoms with E-state index in [0.29, 0.717) is 6.61 Å². The second-order valence-corrected chi connectivity index (χ2v) is 4.93. The molecule has 112 valence electrons. The van der Waals surface area contributed by atoms with Crippen LogP contribution in [0.5, 0.6) is 5.75 Å². The number of ether oxygens (including phenoxy) is 1. The molecule has 1 heterocycles. The van der Waals surface area contributed by atoms with Gasteiger partial charge in [0.25, 0.3) is 0 Å². The number of nitrogens with zero attached hydrogens (tertiary/aromatic N) is 1. The number of hydrogen-bond donors (Lipinski definition) is 0. The van der Waals surface area contributed by atoms with Gasteiger partial charge in [-0.05, 0) is 54.1 Å². The van der Waals surface area contributed by atoms with Crippen molar-refractivity contribution in [2.24, 2.45) is 0 Å². The zero-order valence-electron chi connectivity index (χ0n) is 12.4. The van der Waals surface area contributed by atoms with Crippen LogP contribution in [0.25, 0.3) is 0 Å². The van der Waals surface area contributed by atoms with Gasteiger partial charge in [0.05, 0.1) is 0 Å². The molecular formula is C20H14FNO. The van der Waals surface area contributed by atoms with Gasteiger partial charge in [-0.15, -0.1) is 0 Å². The van der Waals surface area contributed by atoms with Crippen LogP contribution in [0.3, 0.4) is 0 Å². The van der Waals surface area contributed by atoms with E-state index in [4.69, 9.17) is 4.74 Å². The van der Waals surface area contributed by atoms with E-state index < -0.39 is 0 Å². The molecule has 0 aliphatic heterocycles. The summed E-state index contributed by atoms with van der Waals surface area (Å²) in [6.45, 7) is 0.404. The second-order valence-electron chi connectivity index (χ2n) is 4.93. The molecule has 0 bridgehead atoms. The maximum atomic E-state index is 12.8. The smallest absolute Gasteiger partial charge is 0.123 e. The third kappa shape index (κ3) is 4.42. The van der Waals surface area contributed by atoms with E-state index in [1.54, 1.807) is 24.5 Å². The van der Waals surface area contributed by atoms with Gasteiger partial charge in [0.1, 0.15) is 18.2 Å². The van der Waals surface area contributed by atoms with Gasteiger partial charge >= 0.3 is 0 Å². The standard InChI is InChI=1S/C20H14FNO/c21-19-9-5-18(6-10-19)15-23-20-11-7-16(8-12-20)3-4-17-2-1-13-22-14-17/h1-2,5-14H,15H2. The van der Waals surface area contributed by atoms with Crippen molar-refractivity contribution in [3.05, 3.63) is 95.6 Å². The van der Waals surface area contributed by atoms with E-state index in [1.807, 2.05) is 36.4 Å². The molecule has 0 aliphatic rings. The van der Waals surface area contributed by atoms with Crippen molar-refractivity contribution in [2.75, 3.05) is 0 Å². The summed E-state index contributed by atoms with van der Waals surface area (Å²) in [4.78, 5) is 4.02. The predicted molar refractivity (Wildman–Crippen MR) is 87.4 cm³/mol. The fourth-order valence-electron chi connectivity index (χ4n) is 1.96. The third-order valence-electron chi connectivity index (χ3n) is 3.19. The minimum Gasteiger partial charge on any atom is -0.489 e. The van der Waals surface area contributed by atoms with Crippen molar-refractivity contribution in [1.29, 1.82) is 0 Å². The first-order valence-electron chi connectivity index (χ1n) is 7.19. The lowest BCUT2D eigenvalue weighted by molar-refractivity contribution is 0.306. The van der Waals surface area contributed by atoms with Gasteiger partial charge in [0.15, 0.2) is 0 Å². The Hall–Kier alpha value is -3.12. The van der Waals surface area contributed by atoms with Crippen molar-refractivity contribution in [3.63, 3.8) is 0 Å². The molecule has 2 aromatic carbocycles. The van der Waals surface area contributed by atoms with E-state index in [2.05, 4.69) is 16.8 Å². The molecule has 0 atom stereocenters.